The standard InChI is InChI=1S/C15H18N4O/c1-10(16)11-2-3-12-9-17-15(19-14(12)8-11)18-13-4-6-20-7-5-13/h2-3,8-9,13H,1,4-7,16H2,(H,17,18,19). The van der Waals surface area contributed by atoms with Crippen LogP contribution in [-0.4, -0.2) is 29.2 Å². The summed E-state index contributed by atoms with van der Waals surface area (Å²) in [5, 5.41) is 4.36. The van der Waals surface area contributed by atoms with Gasteiger partial charge in [0.15, 0.2) is 0 Å². The molecular formula is C15H18N4O. The molecule has 3 rings (SSSR count). The summed E-state index contributed by atoms with van der Waals surface area (Å²) in [4.78, 5) is 8.91. The van der Waals surface area contributed by atoms with E-state index in [0.717, 1.165) is 42.5 Å². The first kappa shape index (κ1) is 12.9. The molecule has 1 aliphatic rings. The van der Waals surface area contributed by atoms with E-state index in [1.807, 2.05) is 24.4 Å². The number of anilines is 1. The molecule has 104 valence electrons. The first-order valence-corrected chi connectivity index (χ1v) is 6.78. The van der Waals surface area contributed by atoms with E-state index < -0.39 is 0 Å². The second-order valence-electron chi connectivity index (χ2n) is 5.02. The molecule has 1 aromatic heterocycles. The molecule has 0 aliphatic carbocycles. The second kappa shape index (κ2) is 5.46. The Bertz CT molecular complexity index is 635. The molecule has 2 heterocycles. The van der Waals surface area contributed by atoms with Crippen molar-refractivity contribution in [2.75, 3.05) is 18.5 Å². The SMILES string of the molecule is C=C(N)c1ccc2cnc(NC3CCOCC3)nc2c1. The fraction of sp³-hybridized carbons (Fsp3) is 0.333. The highest BCUT2D eigenvalue weighted by molar-refractivity contribution is 5.82. The molecule has 0 unspecified atom stereocenters. The Kier molecular flexibility index (Phi) is 3.52. The number of nitrogens with zero attached hydrogens (tertiary/aromatic N) is 2. The minimum Gasteiger partial charge on any atom is -0.399 e. The lowest BCUT2D eigenvalue weighted by atomic mass is 10.1. The number of nitrogens with two attached hydrogens (primary N) is 1. The maximum Gasteiger partial charge on any atom is 0.223 e. The van der Waals surface area contributed by atoms with Crippen LogP contribution in [0, 0.1) is 0 Å². The third-order valence-electron chi connectivity index (χ3n) is 3.51. The molecule has 1 saturated heterocycles. The van der Waals surface area contributed by atoms with Crippen molar-refractivity contribution < 1.29 is 4.74 Å². The fourth-order valence-corrected chi connectivity index (χ4v) is 2.32. The topological polar surface area (TPSA) is 73.1 Å². The van der Waals surface area contributed by atoms with Crippen LogP contribution in [-0.2, 0) is 4.74 Å². The molecular weight excluding hydrogens is 252 g/mol. The summed E-state index contributed by atoms with van der Waals surface area (Å²) in [6.45, 7) is 5.34. The van der Waals surface area contributed by atoms with Gasteiger partial charge in [-0.3, -0.25) is 0 Å². The highest BCUT2D eigenvalue weighted by Crippen LogP contribution is 2.18. The highest BCUT2D eigenvalue weighted by atomic mass is 16.5. The second-order valence-corrected chi connectivity index (χ2v) is 5.02. The van der Waals surface area contributed by atoms with E-state index in [-0.39, 0.29) is 0 Å². The van der Waals surface area contributed by atoms with Gasteiger partial charge in [0.25, 0.3) is 0 Å². The molecule has 20 heavy (non-hydrogen) atoms. The third kappa shape index (κ3) is 2.72. The van der Waals surface area contributed by atoms with Crippen LogP contribution in [0.15, 0.2) is 31.0 Å². The largest absolute Gasteiger partial charge is 0.399 e. The first-order chi connectivity index (χ1) is 9.72. The summed E-state index contributed by atoms with van der Waals surface area (Å²) in [5.41, 5.74) is 8.04. The van der Waals surface area contributed by atoms with E-state index >= 15 is 0 Å². The molecule has 1 aromatic carbocycles. The van der Waals surface area contributed by atoms with E-state index in [2.05, 4.69) is 21.9 Å². The van der Waals surface area contributed by atoms with Crippen LogP contribution in [0.4, 0.5) is 5.95 Å². The number of fused-ring (bicyclic) bond motifs is 1. The van der Waals surface area contributed by atoms with Crippen LogP contribution < -0.4 is 11.1 Å². The van der Waals surface area contributed by atoms with Gasteiger partial charge < -0.3 is 15.8 Å². The summed E-state index contributed by atoms with van der Waals surface area (Å²) >= 11 is 0. The number of ether oxygens (including phenoxy) is 1. The summed E-state index contributed by atoms with van der Waals surface area (Å²) < 4.78 is 5.35. The smallest absolute Gasteiger partial charge is 0.223 e. The Morgan fingerprint density at radius 3 is 2.90 bits per heavy atom. The summed E-state index contributed by atoms with van der Waals surface area (Å²) in [6.07, 6.45) is 3.80. The van der Waals surface area contributed by atoms with E-state index in [0.29, 0.717) is 17.7 Å². The quantitative estimate of drug-likeness (QED) is 0.894. The van der Waals surface area contributed by atoms with Gasteiger partial charge in [-0.1, -0.05) is 18.7 Å². The number of benzene rings is 1. The average molecular weight is 270 g/mol. The third-order valence-corrected chi connectivity index (χ3v) is 3.51. The predicted molar refractivity (Wildman–Crippen MR) is 80.2 cm³/mol. The van der Waals surface area contributed by atoms with Gasteiger partial charge in [-0.05, 0) is 24.5 Å². The molecule has 3 N–H and O–H groups in total. The van der Waals surface area contributed by atoms with Crippen LogP contribution in [0.5, 0.6) is 0 Å². The Morgan fingerprint density at radius 1 is 1.35 bits per heavy atom. The van der Waals surface area contributed by atoms with Crippen molar-refractivity contribution in [1.82, 2.24) is 9.97 Å². The predicted octanol–water partition coefficient (Wildman–Crippen LogP) is 2.15. The maximum atomic E-state index is 5.72. The zero-order valence-electron chi connectivity index (χ0n) is 11.3. The number of hydrogen-bond donors (Lipinski definition) is 2. The number of hydrogen-bond acceptors (Lipinski definition) is 5. The highest BCUT2D eigenvalue weighted by Gasteiger charge is 2.14. The number of nitrogens with one attached hydrogen (secondary N) is 1. The van der Waals surface area contributed by atoms with Crippen molar-refractivity contribution in [2.24, 2.45) is 5.73 Å². The van der Waals surface area contributed by atoms with Crippen molar-refractivity contribution in [1.29, 1.82) is 0 Å². The van der Waals surface area contributed by atoms with E-state index in [9.17, 15) is 0 Å². The van der Waals surface area contributed by atoms with Gasteiger partial charge in [0.1, 0.15) is 0 Å². The Balaban J connectivity index is 1.86. The summed E-state index contributed by atoms with van der Waals surface area (Å²) in [7, 11) is 0. The van der Waals surface area contributed by atoms with Crippen LogP contribution in [0.2, 0.25) is 0 Å². The maximum absolute atomic E-state index is 5.72. The zero-order valence-corrected chi connectivity index (χ0v) is 11.3. The Hall–Kier alpha value is -2.14. The summed E-state index contributed by atoms with van der Waals surface area (Å²) in [6, 6.07) is 6.21. The van der Waals surface area contributed by atoms with Gasteiger partial charge in [-0.25, -0.2) is 9.97 Å². The monoisotopic (exact) mass is 270 g/mol. The van der Waals surface area contributed by atoms with Crippen LogP contribution >= 0.6 is 0 Å². The molecule has 0 spiro atoms. The summed E-state index contributed by atoms with van der Waals surface area (Å²) in [5.74, 6) is 0.657. The lowest BCUT2D eigenvalue weighted by Crippen LogP contribution is -2.28. The fourth-order valence-electron chi connectivity index (χ4n) is 2.32. The van der Waals surface area contributed by atoms with Gasteiger partial charge in [0.2, 0.25) is 5.95 Å². The molecule has 0 saturated carbocycles. The number of rotatable bonds is 3. The van der Waals surface area contributed by atoms with E-state index in [4.69, 9.17) is 10.5 Å². The molecule has 5 heteroatoms. The molecule has 0 radical (unpaired) electrons. The van der Waals surface area contributed by atoms with Crippen molar-refractivity contribution in [3.05, 3.63) is 36.5 Å². The average Bonchev–Trinajstić information content (AvgIpc) is 2.47. The lowest BCUT2D eigenvalue weighted by Gasteiger charge is -2.23. The molecule has 5 nitrogen and oxygen atoms in total. The van der Waals surface area contributed by atoms with Crippen LogP contribution in [0.25, 0.3) is 16.6 Å². The van der Waals surface area contributed by atoms with Crippen molar-refractivity contribution in [3.63, 3.8) is 0 Å². The molecule has 0 atom stereocenters. The molecule has 2 aromatic rings. The van der Waals surface area contributed by atoms with Crippen LogP contribution in [0.3, 0.4) is 0 Å². The van der Waals surface area contributed by atoms with Gasteiger partial charge in [-0.2, -0.15) is 0 Å². The van der Waals surface area contributed by atoms with E-state index in [1.54, 1.807) is 0 Å². The van der Waals surface area contributed by atoms with Gasteiger partial charge in [0, 0.05) is 36.5 Å². The Morgan fingerprint density at radius 2 is 2.15 bits per heavy atom. The lowest BCUT2D eigenvalue weighted by molar-refractivity contribution is 0.0903. The first-order valence-electron chi connectivity index (χ1n) is 6.78. The van der Waals surface area contributed by atoms with Crippen molar-refractivity contribution in [2.45, 2.75) is 18.9 Å². The molecule has 1 fully saturated rings. The van der Waals surface area contributed by atoms with E-state index in [1.165, 1.54) is 0 Å². The van der Waals surface area contributed by atoms with Gasteiger partial charge in [0.05, 0.1) is 5.52 Å². The van der Waals surface area contributed by atoms with Crippen molar-refractivity contribution in [3.8, 4) is 0 Å². The Labute approximate surface area is 117 Å². The molecule has 1 aliphatic heterocycles. The van der Waals surface area contributed by atoms with Gasteiger partial charge in [-0.15, -0.1) is 0 Å². The molecule has 0 bridgehead atoms. The normalized spacial score (nSPS) is 16.2. The minimum absolute atomic E-state index is 0.383. The van der Waals surface area contributed by atoms with Crippen LogP contribution in [0.1, 0.15) is 18.4 Å². The minimum atomic E-state index is 0.383. The van der Waals surface area contributed by atoms with Gasteiger partial charge >= 0.3 is 0 Å². The van der Waals surface area contributed by atoms with Crippen molar-refractivity contribution >= 4 is 22.5 Å². The molecule has 0 amide bonds. The zero-order chi connectivity index (χ0) is 13.9. The number of aromatic nitrogens is 2.